The van der Waals surface area contributed by atoms with Gasteiger partial charge in [0.1, 0.15) is 12.4 Å². The summed E-state index contributed by atoms with van der Waals surface area (Å²) >= 11 is 1.97. The van der Waals surface area contributed by atoms with E-state index in [1.54, 1.807) is 0 Å². The minimum absolute atomic E-state index is 0.337. The zero-order valence-electron chi connectivity index (χ0n) is 11.2. The molecule has 2 aromatic carbocycles. The van der Waals surface area contributed by atoms with Crippen LogP contribution >= 0.6 is 11.8 Å². The van der Waals surface area contributed by atoms with Gasteiger partial charge in [-0.1, -0.05) is 36.4 Å². The molecule has 2 unspecified atom stereocenters. The summed E-state index contributed by atoms with van der Waals surface area (Å²) in [6.45, 7) is 1.77. The van der Waals surface area contributed by atoms with E-state index in [1.165, 1.54) is 21.8 Å². The van der Waals surface area contributed by atoms with Gasteiger partial charge >= 0.3 is 0 Å². The number of benzene rings is 2. The van der Waals surface area contributed by atoms with E-state index in [9.17, 15) is 0 Å². The average Bonchev–Trinajstić information content (AvgIpc) is 3.09. The monoisotopic (exact) mass is 283 g/mol. The summed E-state index contributed by atoms with van der Waals surface area (Å²) in [5, 5.41) is 3.68. The SMILES string of the molecule is c1ccc2c(c1)OCC2NCC1CSc2ccccc21. The molecular weight excluding hydrogens is 266 g/mol. The summed E-state index contributed by atoms with van der Waals surface area (Å²) in [6.07, 6.45) is 0. The van der Waals surface area contributed by atoms with Gasteiger partial charge in [-0.3, -0.25) is 0 Å². The number of nitrogens with one attached hydrogen (secondary N) is 1. The van der Waals surface area contributed by atoms with E-state index >= 15 is 0 Å². The number of hydrogen-bond donors (Lipinski definition) is 1. The number of fused-ring (bicyclic) bond motifs is 2. The lowest BCUT2D eigenvalue weighted by molar-refractivity contribution is 0.309. The first-order valence-electron chi connectivity index (χ1n) is 7.08. The molecule has 2 nitrogen and oxygen atoms in total. The molecule has 0 fully saturated rings. The Balaban J connectivity index is 1.45. The Morgan fingerprint density at radius 1 is 1.05 bits per heavy atom. The largest absolute Gasteiger partial charge is 0.491 e. The van der Waals surface area contributed by atoms with Crippen molar-refractivity contribution in [3.05, 3.63) is 59.7 Å². The van der Waals surface area contributed by atoms with Gasteiger partial charge in [0.25, 0.3) is 0 Å². The molecule has 0 aromatic heterocycles. The van der Waals surface area contributed by atoms with Gasteiger partial charge in [0, 0.05) is 28.7 Å². The number of thioether (sulfide) groups is 1. The predicted octanol–water partition coefficient (Wildman–Crippen LogP) is 3.60. The highest BCUT2D eigenvalue weighted by Gasteiger charge is 2.27. The van der Waals surface area contributed by atoms with Gasteiger partial charge in [0.2, 0.25) is 0 Å². The highest BCUT2D eigenvalue weighted by Crippen LogP contribution is 2.39. The lowest BCUT2D eigenvalue weighted by Gasteiger charge is -2.16. The first kappa shape index (κ1) is 12.3. The van der Waals surface area contributed by atoms with Crippen LogP contribution in [0.3, 0.4) is 0 Å². The fraction of sp³-hybridized carbons (Fsp3) is 0.294. The summed E-state index contributed by atoms with van der Waals surface area (Å²) < 4.78 is 5.73. The molecular formula is C17H17NOS. The van der Waals surface area contributed by atoms with Gasteiger partial charge in [0.05, 0.1) is 6.04 Å². The lowest BCUT2D eigenvalue weighted by Crippen LogP contribution is -2.27. The molecule has 2 heterocycles. The van der Waals surface area contributed by atoms with E-state index in [1.807, 2.05) is 17.8 Å². The molecule has 0 spiro atoms. The van der Waals surface area contributed by atoms with Crippen molar-refractivity contribution in [2.24, 2.45) is 0 Å². The van der Waals surface area contributed by atoms with Gasteiger partial charge in [-0.05, 0) is 17.7 Å². The Bertz CT molecular complexity index is 572. The fourth-order valence-electron chi connectivity index (χ4n) is 3.01. The predicted molar refractivity (Wildman–Crippen MR) is 82.6 cm³/mol. The van der Waals surface area contributed by atoms with Crippen LogP contribution in [0.15, 0.2) is 53.4 Å². The summed E-state index contributed by atoms with van der Waals surface area (Å²) in [5.74, 6) is 2.83. The average molecular weight is 283 g/mol. The second-order valence-corrected chi connectivity index (χ2v) is 6.42. The summed E-state index contributed by atoms with van der Waals surface area (Å²) in [5.41, 5.74) is 2.80. The molecule has 2 aliphatic heterocycles. The Morgan fingerprint density at radius 2 is 1.85 bits per heavy atom. The molecule has 20 heavy (non-hydrogen) atoms. The third kappa shape index (κ3) is 2.11. The van der Waals surface area contributed by atoms with E-state index in [-0.39, 0.29) is 0 Å². The molecule has 3 heteroatoms. The van der Waals surface area contributed by atoms with E-state index in [0.29, 0.717) is 12.0 Å². The van der Waals surface area contributed by atoms with E-state index in [2.05, 4.69) is 47.8 Å². The Hall–Kier alpha value is -1.45. The van der Waals surface area contributed by atoms with E-state index in [4.69, 9.17) is 4.74 Å². The maximum atomic E-state index is 5.73. The first-order valence-corrected chi connectivity index (χ1v) is 8.07. The summed E-state index contributed by atoms with van der Waals surface area (Å²) in [7, 11) is 0. The number of ether oxygens (including phenoxy) is 1. The third-order valence-electron chi connectivity index (χ3n) is 4.11. The number of para-hydroxylation sites is 1. The number of hydrogen-bond acceptors (Lipinski definition) is 3. The minimum Gasteiger partial charge on any atom is -0.491 e. The van der Waals surface area contributed by atoms with Crippen LogP contribution in [0, 0.1) is 0 Å². The van der Waals surface area contributed by atoms with Crippen molar-refractivity contribution in [1.82, 2.24) is 5.32 Å². The zero-order valence-corrected chi connectivity index (χ0v) is 12.0. The summed E-state index contributed by atoms with van der Waals surface area (Å²) in [4.78, 5) is 1.45. The molecule has 2 atom stereocenters. The van der Waals surface area contributed by atoms with Crippen molar-refractivity contribution >= 4 is 11.8 Å². The Kier molecular flexibility index (Phi) is 3.17. The Morgan fingerprint density at radius 3 is 2.80 bits per heavy atom. The van der Waals surface area contributed by atoms with Crippen LogP contribution in [0.2, 0.25) is 0 Å². The van der Waals surface area contributed by atoms with Crippen LogP contribution in [0.25, 0.3) is 0 Å². The highest BCUT2D eigenvalue weighted by atomic mass is 32.2. The lowest BCUT2D eigenvalue weighted by atomic mass is 10.0. The molecule has 2 aliphatic rings. The third-order valence-corrected chi connectivity index (χ3v) is 5.36. The second kappa shape index (κ2) is 5.15. The quantitative estimate of drug-likeness (QED) is 0.930. The maximum Gasteiger partial charge on any atom is 0.124 e. The zero-order chi connectivity index (χ0) is 13.4. The molecule has 4 rings (SSSR count). The van der Waals surface area contributed by atoms with Crippen LogP contribution < -0.4 is 10.1 Å². The van der Waals surface area contributed by atoms with E-state index in [0.717, 1.165) is 18.9 Å². The van der Waals surface area contributed by atoms with Crippen molar-refractivity contribution in [3.8, 4) is 5.75 Å². The maximum absolute atomic E-state index is 5.73. The molecule has 0 aliphatic carbocycles. The second-order valence-electron chi connectivity index (χ2n) is 5.36. The van der Waals surface area contributed by atoms with Gasteiger partial charge in [-0.2, -0.15) is 0 Å². The molecule has 0 amide bonds. The molecule has 0 radical (unpaired) electrons. The fourth-order valence-corrected chi connectivity index (χ4v) is 4.27. The van der Waals surface area contributed by atoms with Crippen LogP contribution in [0.1, 0.15) is 23.1 Å². The topological polar surface area (TPSA) is 21.3 Å². The molecule has 102 valence electrons. The molecule has 0 bridgehead atoms. The van der Waals surface area contributed by atoms with Gasteiger partial charge in [-0.15, -0.1) is 11.8 Å². The molecule has 0 saturated heterocycles. The van der Waals surface area contributed by atoms with Gasteiger partial charge in [-0.25, -0.2) is 0 Å². The van der Waals surface area contributed by atoms with E-state index < -0.39 is 0 Å². The Labute approximate surface area is 123 Å². The molecule has 0 saturated carbocycles. The van der Waals surface area contributed by atoms with Crippen molar-refractivity contribution in [2.75, 3.05) is 18.9 Å². The highest BCUT2D eigenvalue weighted by molar-refractivity contribution is 7.99. The van der Waals surface area contributed by atoms with Crippen LogP contribution in [0.4, 0.5) is 0 Å². The standard InChI is InChI=1S/C17H17NOS/c1-3-7-16-14(6-1)15(10-19-16)18-9-12-11-20-17-8-4-2-5-13(12)17/h1-8,12,15,18H,9-11H2. The van der Waals surface area contributed by atoms with Crippen molar-refractivity contribution in [2.45, 2.75) is 16.9 Å². The molecule has 1 N–H and O–H groups in total. The first-order chi connectivity index (χ1) is 9.92. The van der Waals surface area contributed by atoms with Crippen LogP contribution in [-0.4, -0.2) is 18.9 Å². The smallest absolute Gasteiger partial charge is 0.124 e. The van der Waals surface area contributed by atoms with Gasteiger partial charge < -0.3 is 10.1 Å². The summed E-state index contributed by atoms with van der Waals surface area (Å²) in [6, 6.07) is 17.4. The number of rotatable bonds is 3. The molecule has 2 aromatic rings. The van der Waals surface area contributed by atoms with Crippen molar-refractivity contribution in [1.29, 1.82) is 0 Å². The van der Waals surface area contributed by atoms with Gasteiger partial charge in [0.15, 0.2) is 0 Å². The van der Waals surface area contributed by atoms with Crippen LogP contribution in [0.5, 0.6) is 5.75 Å². The van der Waals surface area contributed by atoms with Crippen molar-refractivity contribution < 1.29 is 4.74 Å². The minimum atomic E-state index is 0.337. The van der Waals surface area contributed by atoms with Crippen molar-refractivity contribution in [3.63, 3.8) is 0 Å². The normalized spacial score (nSPS) is 23.2. The van der Waals surface area contributed by atoms with Crippen LogP contribution in [-0.2, 0) is 0 Å².